The summed E-state index contributed by atoms with van der Waals surface area (Å²) >= 11 is 7.44. The van der Waals surface area contributed by atoms with Gasteiger partial charge in [0.25, 0.3) is 5.91 Å². The lowest BCUT2D eigenvalue weighted by Gasteiger charge is -2.08. The highest BCUT2D eigenvalue weighted by atomic mass is 35.5. The normalized spacial score (nSPS) is 16.9. The van der Waals surface area contributed by atoms with Crippen LogP contribution in [0.4, 0.5) is 5.69 Å². The van der Waals surface area contributed by atoms with Crippen molar-refractivity contribution in [1.29, 1.82) is 0 Å². The fourth-order valence-electron chi connectivity index (χ4n) is 2.87. The molecule has 0 aliphatic carbocycles. The molecule has 27 heavy (non-hydrogen) atoms. The number of hydrogen-bond acceptors (Lipinski definition) is 4. The first-order chi connectivity index (χ1) is 13.2. The summed E-state index contributed by atoms with van der Waals surface area (Å²) in [5, 5.41) is 5.87. The van der Waals surface area contributed by atoms with Gasteiger partial charge in [-0.1, -0.05) is 54.1 Å². The number of nitrogens with zero attached hydrogens (tertiary/aromatic N) is 1. The Morgan fingerprint density at radius 1 is 1.04 bits per heavy atom. The van der Waals surface area contributed by atoms with E-state index >= 15 is 0 Å². The number of fused-ring (bicyclic) bond motifs is 1. The fourth-order valence-corrected chi connectivity index (χ4v) is 3.88. The van der Waals surface area contributed by atoms with Gasteiger partial charge in [-0.2, -0.15) is 0 Å². The molecule has 0 saturated carbocycles. The van der Waals surface area contributed by atoms with Crippen LogP contribution in [0.25, 0.3) is 16.8 Å². The van der Waals surface area contributed by atoms with Crippen LogP contribution < -0.4 is 10.1 Å². The molecule has 1 amide bonds. The second-order valence-electron chi connectivity index (χ2n) is 5.84. The summed E-state index contributed by atoms with van der Waals surface area (Å²) < 4.78 is 5.43. The van der Waals surface area contributed by atoms with Gasteiger partial charge < -0.3 is 10.1 Å². The molecule has 0 atom stereocenters. The molecule has 3 aromatic rings. The van der Waals surface area contributed by atoms with Crippen LogP contribution in [0, 0.1) is 0 Å². The monoisotopic (exact) mass is 394 g/mol. The van der Waals surface area contributed by atoms with E-state index in [0.717, 1.165) is 22.1 Å². The standard InChI is InChI=1S/C21H15ClN2O2S/c1-26-18-11-10-13(14-6-2-3-7-15(14)18)12-19-20(25)24-21(27-19)23-17-9-5-4-8-16(17)22/h2-12H,1H3,(H,23,24,25)/b19-12-. The second-order valence-corrected chi connectivity index (χ2v) is 7.27. The molecule has 0 unspecified atom stereocenters. The summed E-state index contributed by atoms with van der Waals surface area (Å²) in [6.45, 7) is 0. The Hall–Kier alpha value is -2.76. The first-order valence-electron chi connectivity index (χ1n) is 8.25. The minimum Gasteiger partial charge on any atom is -0.496 e. The number of hydrogen-bond donors (Lipinski definition) is 1. The Kier molecular flexibility index (Phi) is 4.88. The number of thioether (sulfide) groups is 1. The van der Waals surface area contributed by atoms with Crippen LogP contribution in [0.5, 0.6) is 5.75 Å². The number of para-hydroxylation sites is 1. The van der Waals surface area contributed by atoms with Crippen LogP contribution in [-0.4, -0.2) is 18.2 Å². The Morgan fingerprint density at radius 2 is 1.78 bits per heavy atom. The third-order valence-electron chi connectivity index (χ3n) is 4.15. The molecule has 134 valence electrons. The van der Waals surface area contributed by atoms with E-state index in [1.165, 1.54) is 11.8 Å². The number of halogens is 1. The molecule has 1 saturated heterocycles. The van der Waals surface area contributed by atoms with Gasteiger partial charge in [0.2, 0.25) is 0 Å². The fraction of sp³-hybridized carbons (Fsp3) is 0.0476. The molecule has 1 aliphatic heterocycles. The maximum absolute atomic E-state index is 12.4. The predicted molar refractivity (Wildman–Crippen MR) is 113 cm³/mol. The molecule has 1 N–H and O–H groups in total. The van der Waals surface area contributed by atoms with E-state index in [9.17, 15) is 4.79 Å². The van der Waals surface area contributed by atoms with Crippen molar-refractivity contribution in [2.24, 2.45) is 4.99 Å². The molecule has 1 aliphatic rings. The molecule has 1 heterocycles. The molecular weight excluding hydrogens is 380 g/mol. The van der Waals surface area contributed by atoms with E-state index in [0.29, 0.717) is 20.8 Å². The van der Waals surface area contributed by atoms with Crippen LogP contribution >= 0.6 is 23.4 Å². The minimum atomic E-state index is -0.175. The summed E-state index contributed by atoms with van der Waals surface area (Å²) in [5.74, 6) is 0.628. The predicted octanol–water partition coefficient (Wildman–Crippen LogP) is 5.39. The Bertz CT molecular complexity index is 1110. The molecule has 1 fully saturated rings. The van der Waals surface area contributed by atoms with Gasteiger partial charge in [-0.3, -0.25) is 4.79 Å². The number of carbonyl (C=O) groups excluding carboxylic acids is 1. The van der Waals surface area contributed by atoms with Crippen LogP contribution in [-0.2, 0) is 4.79 Å². The van der Waals surface area contributed by atoms with Gasteiger partial charge in [0.1, 0.15) is 5.75 Å². The third kappa shape index (κ3) is 3.56. The van der Waals surface area contributed by atoms with Crippen molar-refractivity contribution < 1.29 is 9.53 Å². The van der Waals surface area contributed by atoms with Gasteiger partial charge in [0.05, 0.1) is 22.7 Å². The van der Waals surface area contributed by atoms with Crippen LogP contribution in [0.2, 0.25) is 5.02 Å². The number of methoxy groups -OCH3 is 1. The molecule has 0 aromatic heterocycles. The molecule has 4 nitrogen and oxygen atoms in total. The quantitative estimate of drug-likeness (QED) is 0.605. The zero-order valence-electron chi connectivity index (χ0n) is 14.4. The van der Waals surface area contributed by atoms with Crippen molar-refractivity contribution >= 4 is 57.0 Å². The molecule has 6 heteroatoms. The maximum Gasteiger partial charge on any atom is 0.264 e. The Labute approximate surface area is 165 Å². The maximum atomic E-state index is 12.4. The van der Waals surface area contributed by atoms with Gasteiger partial charge in [0.15, 0.2) is 5.17 Å². The van der Waals surface area contributed by atoms with Gasteiger partial charge in [-0.25, -0.2) is 4.99 Å². The van der Waals surface area contributed by atoms with Crippen LogP contribution in [0.3, 0.4) is 0 Å². The van der Waals surface area contributed by atoms with Crippen molar-refractivity contribution in [2.45, 2.75) is 0 Å². The zero-order chi connectivity index (χ0) is 18.8. The van der Waals surface area contributed by atoms with Gasteiger partial charge in [0, 0.05) is 5.39 Å². The average molecular weight is 395 g/mol. The molecular formula is C21H15ClN2O2S. The van der Waals surface area contributed by atoms with Gasteiger partial charge >= 0.3 is 0 Å². The number of aliphatic imine (C=N–C) groups is 1. The van der Waals surface area contributed by atoms with Crippen LogP contribution in [0.15, 0.2) is 70.6 Å². The second kappa shape index (κ2) is 7.47. The smallest absolute Gasteiger partial charge is 0.264 e. The number of rotatable bonds is 3. The number of amides is 1. The molecule has 4 rings (SSSR count). The first-order valence-corrected chi connectivity index (χ1v) is 9.45. The molecule has 0 bridgehead atoms. The highest BCUT2D eigenvalue weighted by molar-refractivity contribution is 8.18. The third-order valence-corrected chi connectivity index (χ3v) is 5.38. The Balaban J connectivity index is 1.71. The van der Waals surface area contributed by atoms with E-state index in [1.807, 2.05) is 54.6 Å². The lowest BCUT2D eigenvalue weighted by molar-refractivity contribution is -0.115. The lowest BCUT2D eigenvalue weighted by Crippen LogP contribution is -2.19. The zero-order valence-corrected chi connectivity index (χ0v) is 16.0. The van der Waals surface area contributed by atoms with Crippen molar-refractivity contribution in [3.63, 3.8) is 0 Å². The largest absolute Gasteiger partial charge is 0.496 e. The van der Waals surface area contributed by atoms with Gasteiger partial charge in [-0.15, -0.1) is 0 Å². The van der Waals surface area contributed by atoms with Crippen molar-refractivity contribution in [2.75, 3.05) is 7.11 Å². The van der Waals surface area contributed by atoms with Crippen molar-refractivity contribution in [3.05, 3.63) is 76.2 Å². The lowest BCUT2D eigenvalue weighted by atomic mass is 10.0. The van der Waals surface area contributed by atoms with E-state index in [1.54, 1.807) is 19.2 Å². The van der Waals surface area contributed by atoms with E-state index in [-0.39, 0.29) is 5.91 Å². The minimum absolute atomic E-state index is 0.175. The SMILES string of the molecule is COc1ccc(/C=C2\SC(=Nc3ccccc3Cl)NC2=O)c2ccccc12. The summed E-state index contributed by atoms with van der Waals surface area (Å²) in [5.41, 5.74) is 1.57. The van der Waals surface area contributed by atoms with Crippen molar-refractivity contribution in [1.82, 2.24) is 5.32 Å². The highest BCUT2D eigenvalue weighted by Gasteiger charge is 2.24. The number of benzene rings is 3. The average Bonchev–Trinajstić information content (AvgIpc) is 3.03. The van der Waals surface area contributed by atoms with E-state index in [4.69, 9.17) is 16.3 Å². The molecule has 0 radical (unpaired) electrons. The van der Waals surface area contributed by atoms with E-state index in [2.05, 4.69) is 10.3 Å². The summed E-state index contributed by atoms with van der Waals surface area (Å²) in [7, 11) is 1.65. The number of nitrogens with one attached hydrogen (secondary N) is 1. The summed E-state index contributed by atoms with van der Waals surface area (Å²) in [6, 6.07) is 19.1. The first kappa shape index (κ1) is 17.6. The number of amidine groups is 1. The topological polar surface area (TPSA) is 50.7 Å². The molecule has 3 aromatic carbocycles. The van der Waals surface area contributed by atoms with Gasteiger partial charge in [-0.05, 0) is 47.0 Å². The summed E-state index contributed by atoms with van der Waals surface area (Å²) in [6.07, 6.45) is 1.87. The van der Waals surface area contributed by atoms with E-state index < -0.39 is 0 Å². The number of ether oxygens (including phenoxy) is 1. The summed E-state index contributed by atoms with van der Waals surface area (Å²) in [4.78, 5) is 17.4. The number of carbonyl (C=O) groups is 1. The Morgan fingerprint density at radius 3 is 2.56 bits per heavy atom. The highest BCUT2D eigenvalue weighted by Crippen LogP contribution is 2.34. The van der Waals surface area contributed by atoms with Crippen molar-refractivity contribution in [3.8, 4) is 5.75 Å². The molecule has 0 spiro atoms. The van der Waals surface area contributed by atoms with Crippen LogP contribution in [0.1, 0.15) is 5.56 Å².